The van der Waals surface area contributed by atoms with Crippen LogP contribution in [0, 0.1) is 0 Å². The lowest BCUT2D eigenvalue weighted by atomic mass is 10.2. The number of hydrogen-bond donors (Lipinski definition) is 3. The Morgan fingerprint density at radius 1 is 1.04 bits per heavy atom. The number of halogens is 2. The fourth-order valence-electron chi connectivity index (χ4n) is 1.95. The van der Waals surface area contributed by atoms with Crippen molar-refractivity contribution in [2.75, 3.05) is 13.1 Å². The monoisotopic (exact) mass is 353 g/mol. The Morgan fingerprint density at radius 3 is 2.52 bits per heavy atom. The highest BCUT2D eigenvalue weighted by atomic mass is 19.3. The van der Waals surface area contributed by atoms with Gasteiger partial charge in [0, 0.05) is 25.2 Å². The van der Waals surface area contributed by atoms with Gasteiger partial charge in [-0.2, -0.15) is 8.78 Å². The van der Waals surface area contributed by atoms with E-state index in [1.165, 1.54) is 18.4 Å². The van der Waals surface area contributed by atoms with Crippen LogP contribution in [0.4, 0.5) is 13.6 Å². The second-order valence-corrected chi connectivity index (χ2v) is 4.83. The number of alkyl halides is 2. The molecule has 0 aliphatic heterocycles. The number of carbonyl (C=O) groups excluding carboxylic acids is 2. The van der Waals surface area contributed by atoms with Crippen LogP contribution in [0.3, 0.4) is 0 Å². The molecular weight excluding hydrogens is 336 g/mol. The SMILES string of the molecule is O=C(NCCNC(=O)c1ccco1)NCc1ccccc1OC(F)F. The van der Waals surface area contributed by atoms with Crippen LogP contribution in [-0.4, -0.2) is 31.6 Å². The summed E-state index contributed by atoms with van der Waals surface area (Å²) in [5.74, 6) is -0.200. The second-order valence-electron chi connectivity index (χ2n) is 4.83. The Morgan fingerprint density at radius 2 is 1.80 bits per heavy atom. The van der Waals surface area contributed by atoms with E-state index in [1.807, 2.05) is 0 Å². The first-order valence-corrected chi connectivity index (χ1v) is 7.42. The van der Waals surface area contributed by atoms with Crippen molar-refractivity contribution < 1.29 is 27.5 Å². The smallest absolute Gasteiger partial charge is 0.387 e. The summed E-state index contributed by atoms with van der Waals surface area (Å²) in [5.41, 5.74) is 0.420. The maximum Gasteiger partial charge on any atom is 0.387 e. The Kier molecular flexibility index (Phi) is 6.76. The number of rotatable bonds is 8. The number of furan rings is 1. The van der Waals surface area contributed by atoms with Gasteiger partial charge in [-0.15, -0.1) is 0 Å². The van der Waals surface area contributed by atoms with Crippen molar-refractivity contribution in [3.8, 4) is 5.75 Å². The summed E-state index contributed by atoms with van der Waals surface area (Å²) in [6, 6.07) is 8.79. The molecule has 1 aromatic carbocycles. The van der Waals surface area contributed by atoms with E-state index >= 15 is 0 Å². The molecule has 2 rings (SSSR count). The molecule has 0 fully saturated rings. The van der Waals surface area contributed by atoms with Crippen LogP contribution in [0.25, 0.3) is 0 Å². The fourth-order valence-corrected chi connectivity index (χ4v) is 1.95. The molecule has 0 saturated heterocycles. The Hall–Kier alpha value is -3.10. The predicted octanol–water partition coefficient (Wildman–Crippen LogP) is 2.11. The summed E-state index contributed by atoms with van der Waals surface area (Å²) >= 11 is 0. The molecule has 0 radical (unpaired) electrons. The molecule has 0 atom stereocenters. The van der Waals surface area contributed by atoms with E-state index in [-0.39, 0.29) is 37.1 Å². The summed E-state index contributed by atoms with van der Waals surface area (Å²) < 4.78 is 33.9. The number of amides is 3. The van der Waals surface area contributed by atoms with Crippen LogP contribution in [0.1, 0.15) is 16.1 Å². The highest BCUT2D eigenvalue weighted by Gasteiger charge is 2.10. The van der Waals surface area contributed by atoms with Crippen molar-refractivity contribution in [2.45, 2.75) is 13.2 Å². The maximum atomic E-state index is 12.3. The van der Waals surface area contributed by atoms with Gasteiger partial charge in [-0.1, -0.05) is 18.2 Å². The average molecular weight is 353 g/mol. The predicted molar refractivity (Wildman–Crippen MR) is 84.4 cm³/mol. The molecular formula is C16H17F2N3O4. The van der Waals surface area contributed by atoms with Gasteiger partial charge in [0.2, 0.25) is 0 Å². The third kappa shape index (κ3) is 6.13. The minimum atomic E-state index is -2.94. The van der Waals surface area contributed by atoms with E-state index in [0.29, 0.717) is 5.56 Å². The quantitative estimate of drug-likeness (QED) is 0.634. The van der Waals surface area contributed by atoms with Crippen molar-refractivity contribution in [1.29, 1.82) is 0 Å². The van der Waals surface area contributed by atoms with Crippen molar-refractivity contribution in [2.24, 2.45) is 0 Å². The van der Waals surface area contributed by atoms with Crippen molar-refractivity contribution in [3.63, 3.8) is 0 Å². The van der Waals surface area contributed by atoms with Gasteiger partial charge < -0.3 is 25.1 Å². The maximum absolute atomic E-state index is 12.3. The van der Waals surface area contributed by atoms with Gasteiger partial charge in [-0.25, -0.2) is 4.79 Å². The molecule has 134 valence electrons. The van der Waals surface area contributed by atoms with Gasteiger partial charge in [0.25, 0.3) is 5.91 Å². The number of para-hydroxylation sites is 1. The molecule has 9 heteroatoms. The van der Waals surface area contributed by atoms with E-state index in [9.17, 15) is 18.4 Å². The number of carbonyl (C=O) groups is 2. The standard InChI is InChI=1S/C16H17F2N3O4/c17-15(18)25-12-5-2-1-4-11(12)10-21-16(23)20-8-7-19-14(22)13-6-3-9-24-13/h1-6,9,15H,7-8,10H2,(H,19,22)(H2,20,21,23). The third-order valence-corrected chi connectivity index (χ3v) is 3.07. The van der Waals surface area contributed by atoms with Crippen molar-refractivity contribution in [1.82, 2.24) is 16.0 Å². The third-order valence-electron chi connectivity index (χ3n) is 3.07. The highest BCUT2D eigenvalue weighted by molar-refractivity contribution is 5.91. The zero-order valence-corrected chi connectivity index (χ0v) is 13.1. The van der Waals surface area contributed by atoms with E-state index < -0.39 is 12.6 Å². The number of hydrogen-bond acceptors (Lipinski definition) is 4. The number of nitrogens with one attached hydrogen (secondary N) is 3. The molecule has 25 heavy (non-hydrogen) atoms. The molecule has 1 heterocycles. The van der Waals surface area contributed by atoms with Crippen LogP contribution in [0.15, 0.2) is 47.1 Å². The number of benzene rings is 1. The average Bonchev–Trinajstić information content (AvgIpc) is 3.12. The summed E-state index contributed by atoms with van der Waals surface area (Å²) in [6.07, 6.45) is 1.39. The lowest BCUT2D eigenvalue weighted by Crippen LogP contribution is -2.40. The number of ether oxygens (including phenoxy) is 1. The van der Waals surface area contributed by atoms with E-state index in [1.54, 1.807) is 24.3 Å². The Balaban J connectivity index is 1.68. The zero-order chi connectivity index (χ0) is 18.1. The fraction of sp³-hybridized carbons (Fsp3) is 0.250. The molecule has 1 aromatic heterocycles. The molecule has 0 saturated carbocycles. The van der Waals surface area contributed by atoms with Crippen LogP contribution in [-0.2, 0) is 6.54 Å². The van der Waals surface area contributed by atoms with Crippen molar-refractivity contribution in [3.05, 3.63) is 54.0 Å². The second kappa shape index (κ2) is 9.26. The Bertz CT molecular complexity index is 692. The zero-order valence-electron chi connectivity index (χ0n) is 13.1. The molecule has 7 nitrogen and oxygen atoms in total. The normalized spacial score (nSPS) is 10.4. The first-order chi connectivity index (χ1) is 12.1. The summed E-state index contributed by atoms with van der Waals surface area (Å²) in [6.45, 7) is -2.52. The van der Waals surface area contributed by atoms with Crippen LogP contribution in [0.2, 0.25) is 0 Å². The minimum Gasteiger partial charge on any atom is -0.459 e. The van der Waals surface area contributed by atoms with E-state index in [0.717, 1.165) is 0 Å². The molecule has 0 aliphatic carbocycles. The van der Waals surface area contributed by atoms with Gasteiger partial charge in [0.05, 0.1) is 6.26 Å². The van der Waals surface area contributed by atoms with Gasteiger partial charge in [-0.05, 0) is 18.2 Å². The summed E-state index contributed by atoms with van der Waals surface area (Å²) in [7, 11) is 0. The minimum absolute atomic E-state index is 0.00325. The molecule has 0 unspecified atom stereocenters. The van der Waals surface area contributed by atoms with Crippen LogP contribution < -0.4 is 20.7 Å². The Labute approximate surface area is 142 Å². The molecule has 0 bridgehead atoms. The molecule has 0 spiro atoms. The van der Waals surface area contributed by atoms with Gasteiger partial charge in [-0.3, -0.25) is 4.79 Å². The largest absolute Gasteiger partial charge is 0.459 e. The summed E-state index contributed by atoms with van der Waals surface area (Å²) in [4.78, 5) is 23.3. The summed E-state index contributed by atoms with van der Waals surface area (Å²) in [5, 5.41) is 7.62. The van der Waals surface area contributed by atoms with Crippen LogP contribution in [0.5, 0.6) is 5.75 Å². The van der Waals surface area contributed by atoms with Gasteiger partial charge in [0.1, 0.15) is 5.75 Å². The van der Waals surface area contributed by atoms with Crippen LogP contribution >= 0.6 is 0 Å². The van der Waals surface area contributed by atoms with Gasteiger partial charge >= 0.3 is 12.6 Å². The molecule has 3 N–H and O–H groups in total. The lowest BCUT2D eigenvalue weighted by Gasteiger charge is -2.12. The first kappa shape index (κ1) is 18.2. The van der Waals surface area contributed by atoms with Gasteiger partial charge in [0.15, 0.2) is 5.76 Å². The molecule has 0 aliphatic rings. The molecule has 2 aromatic rings. The lowest BCUT2D eigenvalue weighted by molar-refractivity contribution is -0.0504. The topological polar surface area (TPSA) is 92.6 Å². The van der Waals surface area contributed by atoms with Crippen molar-refractivity contribution >= 4 is 11.9 Å². The van der Waals surface area contributed by atoms with E-state index in [2.05, 4.69) is 20.7 Å². The van der Waals surface area contributed by atoms with E-state index in [4.69, 9.17) is 4.42 Å². The number of urea groups is 1. The first-order valence-electron chi connectivity index (χ1n) is 7.42. The molecule has 3 amide bonds. The highest BCUT2D eigenvalue weighted by Crippen LogP contribution is 2.19.